The van der Waals surface area contributed by atoms with Gasteiger partial charge in [0.2, 0.25) is 0 Å². The zero-order chi connectivity index (χ0) is 18.1. The first-order valence-corrected chi connectivity index (χ1v) is 7.67. The monoisotopic (exact) mass is 341 g/mol. The van der Waals surface area contributed by atoms with E-state index >= 15 is 0 Å². The fourth-order valence-corrected chi connectivity index (χ4v) is 2.71. The minimum atomic E-state index is -0.677. The van der Waals surface area contributed by atoms with Gasteiger partial charge in [-0.05, 0) is 32.0 Å². The number of Topliss-reactive ketones (excluding diaryl/α,β-unsaturated/α-hetero) is 1. The van der Waals surface area contributed by atoms with Crippen molar-refractivity contribution in [3.8, 4) is 11.3 Å². The van der Waals surface area contributed by atoms with Crippen molar-refractivity contribution < 1.29 is 18.6 Å². The zero-order valence-corrected chi connectivity index (χ0v) is 13.7. The number of benzene rings is 1. The Morgan fingerprint density at radius 2 is 1.92 bits per heavy atom. The maximum atomic E-state index is 12.3. The molecule has 0 N–H and O–H groups in total. The number of aryl methyl sites for hydroxylation is 2. The number of hydrogen-bond acceptors (Lipinski definition) is 6. The van der Waals surface area contributed by atoms with Crippen LogP contribution in [0.1, 0.15) is 24.9 Å². The van der Waals surface area contributed by atoms with Gasteiger partial charge in [-0.25, -0.2) is 4.79 Å². The first-order chi connectivity index (χ1) is 11.9. The van der Waals surface area contributed by atoms with Crippen molar-refractivity contribution in [3.05, 3.63) is 62.4 Å². The van der Waals surface area contributed by atoms with E-state index in [1.54, 1.807) is 19.1 Å². The van der Waals surface area contributed by atoms with E-state index in [4.69, 9.17) is 8.83 Å². The van der Waals surface area contributed by atoms with Crippen LogP contribution in [0.4, 0.5) is 5.69 Å². The fraction of sp³-hybridized carbons (Fsp3) is 0.222. The van der Waals surface area contributed by atoms with Gasteiger partial charge >= 0.3 is 5.63 Å². The third-order valence-electron chi connectivity index (χ3n) is 3.89. The Bertz CT molecular complexity index is 1040. The lowest BCUT2D eigenvalue weighted by molar-refractivity contribution is -0.384. The van der Waals surface area contributed by atoms with Crippen molar-refractivity contribution >= 4 is 22.2 Å². The van der Waals surface area contributed by atoms with Gasteiger partial charge < -0.3 is 13.6 Å². The van der Waals surface area contributed by atoms with Crippen LogP contribution in [0.15, 0.2) is 44.0 Å². The molecule has 128 valence electrons. The van der Waals surface area contributed by atoms with Crippen LogP contribution in [0.2, 0.25) is 0 Å². The summed E-state index contributed by atoms with van der Waals surface area (Å²) in [6.07, 6.45) is 0.459. The average molecular weight is 341 g/mol. The van der Waals surface area contributed by atoms with Crippen molar-refractivity contribution in [3.63, 3.8) is 0 Å². The van der Waals surface area contributed by atoms with Crippen LogP contribution in [0, 0.1) is 17.0 Å². The molecular weight excluding hydrogens is 326 g/mol. The van der Waals surface area contributed by atoms with Crippen molar-refractivity contribution in [1.29, 1.82) is 0 Å². The minimum absolute atomic E-state index is 0.0342. The van der Waals surface area contributed by atoms with E-state index in [1.165, 1.54) is 25.1 Å². The molecule has 0 spiro atoms. The number of furan rings is 1. The molecule has 0 amide bonds. The molecule has 25 heavy (non-hydrogen) atoms. The molecule has 2 heterocycles. The van der Waals surface area contributed by atoms with Crippen LogP contribution in [0.25, 0.3) is 22.1 Å². The Morgan fingerprint density at radius 3 is 2.52 bits per heavy atom. The lowest BCUT2D eigenvalue weighted by Crippen LogP contribution is -2.07. The van der Waals surface area contributed by atoms with Crippen molar-refractivity contribution in [2.45, 2.75) is 26.7 Å². The maximum Gasteiger partial charge on any atom is 0.344 e. The molecular formula is C18H15NO6. The largest absolute Gasteiger partial charge is 0.461 e. The third-order valence-corrected chi connectivity index (χ3v) is 3.89. The summed E-state index contributed by atoms with van der Waals surface area (Å²) in [6, 6.07) is 7.54. The Morgan fingerprint density at radius 1 is 1.16 bits per heavy atom. The molecule has 0 unspecified atom stereocenters. The predicted molar refractivity (Wildman–Crippen MR) is 90.6 cm³/mol. The maximum absolute atomic E-state index is 12.3. The van der Waals surface area contributed by atoms with Gasteiger partial charge in [0.25, 0.3) is 5.69 Å². The van der Waals surface area contributed by atoms with Crippen LogP contribution in [0.3, 0.4) is 0 Å². The third kappa shape index (κ3) is 3.21. The predicted octanol–water partition coefficient (Wildman–Crippen LogP) is 3.79. The van der Waals surface area contributed by atoms with Crippen LogP contribution in [-0.2, 0) is 11.2 Å². The van der Waals surface area contributed by atoms with Gasteiger partial charge in [-0.1, -0.05) is 0 Å². The fourth-order valence-electron chi connectivity index (χ4n) is 2.71. The number of carbonyl (C=O) groups is 1. The van der Waals surface area contributed by atoms with Gasteiger partial charge in [0.15, 0.2) is 0 Å². The van der Waals surface area contributed by atoms with Crippen LogP contribution in [-0.4, -0.2) is 10.7 Å². The highest BCUT2D eigenvalue weighted by Crippen LogP contribution is 2.34. The van der Waals surface area contributed by atoms with E-state index in [-0.39, 0.29) is 29.7 Å². The van der Waals surface area contributed by atoms with E-state index in [9.17, 15) is 19.7 Å². The molecule has 7 heteroatoms. The SMILES string of the molecule is CC(=O)CCc1oc(=O)c2cc([N+](=O)[O-])ccc2c1-c1ccc(C)o1. The molecule has 0 fully saturated rings. The highest BCUT2D eigenvalue weighted by atomic mass is 16.6. The van der Waals surface area contributed by atoms with Gasteiger partial charge in [0.05, 0.1) is 15.9 Å². The van der Waals surface area contributed by atoms with E-state index in [0.717, 1.165) is 0 Å². The summed E-state index contributed by atoms with van der Waals surface area (Å²) in [5.74, 6) is 1.45. The molecule has 0 aliphatic rings. The first-order valence-electron chi connectivity index (χ1n) is 7.67. The van der Waals surface area contributed by atoms with E-state index < -0.39 is 10.5 Å². The Kier molecular flexibility index (Phi) is 4.22. The van der Waals surface area contributed by atoms with E-state index in [0.29, 0.717) is 28.2 Å². The van der Waals surface area contributed by atoms with E-state index in [2.05, 4.69) is 0 Å². The van der Waals surface area contributed by atoms with Crippen molar-refractivity contribution in [2.24, 2.45) is 0 Å². The van der Waals surface area contributed by atoms with Crippen LogP contribution >= 0.6 is 0 Å². The average Bonchev–Trinajstić information content (AvgIpc) is 2.98. The summed E-state index contributed by atoms with van der Waals surface area (Å²) in [4.78, 5) is 34.0. The molecule has 3 aromatic rings. The summed E-state index contributed by atoms with van der Waals surface area (Å²) in [5, 5.41) is 11.6. The molecule has 0 aliphatic carbocycles. The number of non-ortho nitro benzene ring substituents is 1. The number of hydrogen-bond donors (Lipinski definition) is 0. The number of carbonyl (C=O) groups excluding carboxylic acids is 1. The normalized spacial score (nSPS) is 11.0. The second-order valence-electron chi connectivity index (χ2n) is 5.79. The lowest BCUT2D eigenvalue weighted by atomic mass is 10.00. The summed E-state index contributed by atoms with van der Waals surface area (Å²) in [6.45, 7) is 3.24. The molecule has 0 atom stereocenters. The number of rotatable bonds is 5. The number of nitro benzene ring substituents is 1. The molecule has 0 radical (unpaired) electrons. The Balaban J connectivity index is 2.31. The molecule has 0 saturated carbocycles. The highest BCUT2D eigenvalue weighted by Gasteiger charge is 2.20. The van der Waals surface area contributed by atoms with Crippen LogP contribution < -0.4 is 5.63 Å². The standard InChI is InChI=1S/C18H15NO6/c1-10(20)3-7-16-17(15-8-4-11(2)24-15)13-6-5-12(19(22)23)9-14(13)18(21)25-16/h4-6,8-9H,3,7H2,1-2H3. The molecule has 1 aromatic carbocycles. The Labute approximate surface area is 142 Å². The quantitative estimate of drug-likeness (QED) is 0.516. The molecule has 0 bridgehead atoms. The Hall–Kier alpha value is -3.22. The van der Waals surface area contributed by atoms with Gasteiger partial charge in [-0.2, -0.15) is 0 Å². The van der Waals surface area contributed by atoms with Gasteiger partial charge in [0.1, 0.15) is 23.1 Å². The smallest absolute Gasteiger partial charge is 0.344 e. The topological polar surface area (TPSA) is 104 Å². The lowest BCUT2D eigenvalue weighted by Gasteiger charge is -2.09. The summed E-state index contributed by atoms with van der Waals surface area (Å²) >= 11 is 0. The molecule has 3 rings (SSSR count). The second-order valence-corrected chi connectivity index (χ2v) is 5.79. The first kappa shape index (κ1) is 16.6. The minimum Gasteiger partial charge on any atom is -0.461 e. The number of ketones is 1. The van der Waals surface area contributed by atoms with E-state index in [1.807, 2.05) is 0 Å². The molecule has 7 nitrogen and oxygen atoms in total. The zero-order valence-electron chi connectivity index (χ0n) is 13.7. The van der Waals surface area contributed by atoms with Gasteiger partial charge in [-0.3, -0.25) is 10.1 Å². The number of fused-ring (bicyclic) bond motifs is 1. The number of nitrogens with zero attached hydrogens (tertiary/aromatic N) is 1. The summed E-state index contributed by atoms with van der Waals surface area (Å²) < 4.78 is 11.0. The number of nitro groups is 1. The molecule has 2 aromatic heterocycles. The summed E-state index contributed by atoms with van der Waals surface area (Å²) in [7, 11) is 0. The van der Waals surface area contributed by atoms with Gasteiger partial charge in [-0.15, -0.1) is 0 Å². The second kappa shape index (κ2) is 6.35. The highest BCUT2D eigenvalue weighted by molar-refractivity contribution is 5.96. The summed E-state index contributed by atoms with van der Waals surface area (Å²) in [5.41, 5.74) is -0.332. The van der Waals surface area contributed by atoms with Crippen LogP contribution in [0.5, 0.6) is 0 Å². The molecule has 0 aliphatic heterocycles. The van der Waals surface area contributed by atoms with Gasteiger partial charge in [0, 0.05) is 30.4 Å². The molecule has 0 saturated heterocycles. The van der Waals surface area contributed by atoms with Crippen molar-refractivity contribution in [1.82, 2.24) is 0 Å². The van der Waals surface area contributed by atoms with Crippen molar-refractivity contribution in [2.75, 3.05) is 0 Å².